The van der Waals surface area contributed by atoms with E-state index in [9.17, 15) is 17.6 Å². The van der Waals surface area contributed by atoms with Crippen molar-refractivity contribution in [3.8, 4) is 0 Å². The SMILES string of the molecule is CNc1cc(C(F)(F)F)nc2c(C)c(F)ccc12. The number of nitrogens with zero attached hydrogens (tertiary/aromatic N) is 1. The number of rotatable bonds is 1. The second-order valence-corrected chi connectivity index (χ2v) is 3.87. The summed E-state index contributed by atoms with van der Waals surface area (Å²) < 4.78 is 51.4. The molecule has 0 amide bonds. The van der Waals surface area contributed by atoms with Gasteiger partial charge in [0.15, 0.2) is 0 Å². The van der Waals surface area contributed by atoms with Crippen LogP contribution in [0.2, 0.25) is 0 Å². The van der Waals surface area contributed by atoms with Crippen molar-refractivity contribution in [2.75, 3.05) is 12.4 Å². The van der Waals surface area contributed by atoms with Crippen molar-refractivity contribution in [1.82, 2.24) is 4.98 Å². The molecule has 2 rings (SSSR count). The number of hydrogen-bond acceptors (Lipinski definition) is 2. The second-order valence-electron chi connectivity index (χ2n) is 3.87. The minimum atomic E-state index is -4.56. The molecule has 0 spiro atoms. The number of alkyl halides is 3. The third-order valence-corrected chi connectivity index (χ3v) is 2.73. The average molecular weight is 258 g/mol. The second kappa shape index (κ2) is 4.12. The zero-order valence-corrected chi connectivity index (χ0v) is 9.69. The minimum Gasteiger partial charge on any atom is -0.388 e. The summed E-state index contributed by atoms with van der Waals surface area (Å²) in [6, 6.07) is 3.55. The fourth-order valence-electron chi connectivity index (χ4n) is 1.76. The van der Waals surface area contributed by atoms with E-state index in [1.807, 2.05) is 0 Å². The molecule has 2 aromatic rings. The highest BCUT2D eigenvalue weighted by atomic mass is 19.4. The van der Waals surface area contributed by atoms with Gasteiger partial charge in [-0.25, -0.2) is 9.37 Å². The number of anilines is 1. The van der Waals surface area contributed by atoms with Crippen molar-refractivity contribution >= 4 is 16.6 Å². The Morgan fingerprint density at radius 2 is 1.89 bits per heavy atom. The number of aromatic nitrogens is 1. The van der Waals surface area contributed by atoms with E-state index in [-0.39, 0.29) is 16.8 Å². The lowest BCUT2D eigenvalue weighted by Gasteiger charge is -2.13. The Balaban J connectivity index is 2.85. The number of halogens is 4. The summed E-state index contributed by atoms with van der Waals surface area (Å²) in [5.74, 6) is -0.573. The molecule has 0 aliphatic heterocycles. The van der Waals surface area contributed by atoms with Crippen LogP contribution in [-0.2, 0) is 6.18 Å². The Kier molecular flexibility index (Phi) is 2.88. The van der Waals surface area contributed by atoms with Gasteiger partial charge in [-0.3, -0.25) is 0 Å². The van der Waals surface area contributed by atoms with Gasteiger partial charge in [0.1, 0.15) is 11.5 Å². The molecular weight excluding hydrogens is 248 g/mol. The number of fused-ring (bicyclic) bond motifs is 1. The average Bonchev–Trinajstić information content (AvgIpc) is 2.31. The third kappa shape index (κ3) is 1.98. The van der Waals surface area contributed by atoms with Gasteiger partial charge in [0.05, 0.1) is 5.52 Å². The van der Waals surface area contributed by atoms with Crippen molar-refractivity contribution in [3.05, 3.63) is 35.3 Å². The van der Waals surface area contributed by atoms with Gasteiger partial charge in [0, 0.05) is 23.7 Å². The maximum Gasteiger partial charge on any atom is 0.433 e. The first-order valence-electron chi connectivity index (χ1n) is 5.19. The molecule has 96 valence electrons. The fraction of sp³-hybridized carbons (Fsp3) is 0.250. The van der Waals surface area contributed by atoms with Crippen molar-refractivity contribution in [2.45, 2.75) is 13.1 Å². The standard InChI is InChI=1S/C12H10F4N2/c1-6-8(13)4-3-7-9(17-2)5-10(12(14,15)16)18-11(6)7/h3-5H,1-2H3,(H,17,18). The summed E-state index contributed by atoms with van der Waals surface area (Å²) in [6.07, 6.45) is -4.56. The van der Waals surface area contributed by atoms with E-state index in [2.05, 4.69) is 10.3 Å². The molecular formula is C12H10F4N2. The van der Waals surface area contributed by atoms with E-state index >= 15 is 0 Å². The van der Waals surface area contributed by atoms with Crippen LogP contribution >= 0.6 is 0 Å². The van der Waals surface area contributed by atoms with Gasteiger partial charge >= 0.3 is 6.18 Å². The van der Waals surface area contributed by atoms with Gasteiger partial charge in [-0.1, -0.05) is 0 Å². The lowest BCUT2D eigenvalue weighted by atomic mass is 10.1. The first-order valence-corrected chi connectivity index (χ1v) is 5.19. The van der Waals surface area contributed by atoms with E-state index in [1.54, 1.807) is 0 Å². The molecule has 0 radical (unpaired) electrons. The normalized spacial score (nSPS) is 11.9. The number of aryl methyl sites for hydroxylation is 1. The van der Waals surface area contributed by atoms with Crippen molar-refractivity contribution in [2.24, 2.45) is 0 Å². The van der Waals surface area contributed by atoms with Gasteiger partial charge in [-0.05, 0) is 25.1 Å². The monoisotopic (exact) mass is 258 g/mol. The molecule has 0 bridgehead atoms. The zero-order chi connectivity index (χ0) is 13.5. The van der Waals surface area contributed by atoms with Gasteiger partial charge < -0.3 is 5.32 Å². The molecule has 6 heteroatoms. The largest absolute Gasteiger partial charge is 0.433 e. The Morgan fingerprint density at radius 3 is 2.44 bits per heavy atom. The molecule has 1 heterocycles. The Bertz CT molecular complexity index is 605. The summed E-state index contributed by atoms with van der Waals surface area (Å²) in [6.45, 7) is 1.41. The van der Waals surface area contributed by atoms with Crippen LogP contribution in [0.5, 0.6) is 0 Å². The molecule has 1 aromatic heterocycles. The van der Waals surface area contributed by atoms with Crippen LogP contribution in [0.25, 0.3) is 10.9 Å². The van der Waals surface area contributed by atoms with Crippen LogP contribution in [0.3, 0.4) is 0 Å². The van der Waals surface area contributed by atoms with Crippen molar-refractivity contribution in [1.29, 1.82) is 0 Å². The highest BCUT2D eigenvalue weighted by Crippen LogP contribution is 2.34. The van der Waals surface area contributed by atoms with E-state index < -0.39 is 17.7 Å². The maximum absolute atomic E-state index is 13.4. The summed E-state index contributed by atoms with van der Waals surface area (Å²) in [7, 11) is 1.51. The van der Waals surface area contributed by atoms with Crippen molar-refractivity contribution < 1.29 is 17.6 Å². The minimum absolute atomic E-state index is 0.0224. The fourth-order valence-corrected chi connectivity index (χ4v) is 1.76. The Labute approximate surface area is 101 Å². The van der Waals surface area contributed by atoms with Gasteiger partial charge in [-0.15, -0.1) is 0 Å². The van der Waals surface area contributed by atoms with Crippen molar-refractivity contribution in [3.63, 3.8) is 0 Å². The molecule has 0 saturated carbocycles. The molecule has 0 saturated heterocycles. The first-order chi connectivity index (χ1) is 8.34. The molecule has 1 N–H and O–H groups in total. The Morgan fingerprint density at radius 1 is 1.22 bits per heavy atom. The summed E-state index contributed by atoms with van der Waals surface area (Å²) in [5, 5.41) is 3.13. The molecule has 18 heavy (non-hydrogen) atoms. The zero-order valence-electron chi connectivity index (χ0n) is 9.69. The topological polar surface area (TPSA) is 24.9 Å². The number of hydrogen-bond donors (Lipinski definition) is 1. The lowest BCUT2D eigenvalue weighted by molar-refractivity contribution is -0.140. The van der Waals surface area contributed by atoms with Crippen LogP contribution in [-0.4, -0.2) is 12.0 Å². The lowest BCUT2D eigenvalue weighted by Crippen LogP contribution is -2.09. The smallest absolute Gasteiger partial charge is 0.388 e. The van der Waals surface area contributed by atoms with Crippen LogP contribution in [0.4, 0.5) is 23.2 Å². The Hall–Kier alpha value is -1.85. The predicted octanol–water partition coefficient (Wildman–Crippen LogP) is 3.74. The van der Waals surface area contributed by atoms with Gasteiger partial charge in [0.2, 0.25) is 0 Å². The molecule has 2 nitrogen and oxygen atoms in total. The number of pyridine rings is 1. The summed E-state index contributed by atoms with van der Waals surface area (Å²) in [5.41, 5.74) is -0.632. The van der Waals surface area contributed by atoms with Crippen LogP contribution < -0.4 is 5.32 Å². The molecule has 0 atom stereocenters. The van der Waals surface area contributed by atoms with Gasteiger partial charge in [0.25, 0.3) is 0 Å². The summed E-state index contributed by atoms with van der Waals surface area (Å²) >= 11 is 0. The van der Waals surface area contributed by atoms with Gasteiger partial charge in [-0.2, -0.15) is 13.2 Å². The predicted molar refractivity (Wildman–Crippen MR) is 61.0 cm³/mol. The molecule has 0 aliphatic carbocycles. The van der Waals surface area contributed by atoms with Crippen LogP contribution in [0.15, 0.2) is 18.2 Å². The highest BCUT2D eigenvalue weighted by molar-refractivity contribution is 5.93. The highest BCUT2D eigenvalue weighted by Gasteiger charge is 2.33. The van der Waals surface area contributed by atoms with E-state index in [0.717, 1.165) is 6.07 Å². The summed E-state index contributed by atoms with van der Waals surface area (Å²) in [4.78, 5) is 3.51. The molecule has 0 unspecified atom stereocenters. The van der Waals surface area contributed by atoms with E-state index in [4.69, 9.17) is 0 Å². The molecule has 0 fully saturated rings. The van der Waals surface area contributed by atoms with Crippen LogP contribution in [0.1, 0.15) is 11.3 Å². The van der Waals surface area contributed by atoms with Crippen LogP contribution in [0, 0.1) is 12.7 Å². The quantitative estimate of drug-likeness (QED) is 0.788. The molecule has 0 aliphatic rings. The van der Waals surface area contributed by atoms with E-state index in [1.165, 1.54) is 26.1 Å². The first kappa shape index (κ1) is 12.6. The van der Waals surface area contributed by atoms with E-state index in [0.29, 0.717) is 5.39 Å². The maximum atomic E-state index is 13.4. The number of nitrogens with one attached hydrogen (secondary N) is 1. The number of benzene rings is 1. The molecule has 1 aromatic carbocycles. The third-order valence-electron chi connectivity index (χ3n) is 2.73.